The van der Waals surface area contributed by atoms with Gasteiger partial charge in [-0.15, -0.1) is 0 Å². The van der Waals surface area contributed by atoms with E-state index in [0.717, 1.165) is 12.0 Å². The zero-order valence-corrected chi connectivity index (χ0v) is 11.5. The number of nitrogens with zero attached hydrogens (tertiary/aromatic N) is 1. The molecule has 84 valence electrons. The highest BCUT2D eigenvalue weighted by molar-refractivity contribution is 6.73. The van der Waals surface area contributed by atoms with Crippen molar-refractivity contribution in [1.82, 2.24) is 4.90 Å². The molecule has 0 radical (unpaired) electrons. The van der Waals surface area contributed by atoms with E-state index in [1.165, 1.54) is 12.2 Å². The Morgan fingerprint density at radius 2 is 1.86 bits per heavy atom. The van der Waals surface area contributed by atoms with Gasteiger partial charge >= 0.3 is 0 Å². The lowest BCUT2D eigenvalue weighted by Crippen LogP contribution is -2.41. The summed E-state index contributed by atoms with van der Waals surface area (Å²) >= 11 is 0. The highest BCUT2D eigenvalue weighted by atomic mass is 28.4. The molecule has 0 aliphatic carbocycles. The third-order valence-corrected chi connectivity index (χ3v) is 6.81. The van der Waals surface area contributed by atoms with Gasteiger partial charge in [-0.3, -0.25) is 4.90 Å². The van der Waals surface area contributed by atoms with E-state index in [1.807, 2.05) is 7.11 Å². The molecule has 0 saturated carbocycles. The lowest BCUT2D eigenvalue weighted by atomic mass is 10.0. The molecule has 1 rings (SSSR count). The summed E-state index contributed by atoms with van der Waals surface area (Å²) in [5.74, 6) is 0.752. The molecule has 0 aromatic carbocycles. The number of rotatable bonds is 3. The average Bonchev–Trinajstić information content (AvgIpc) is 2.45. The molecule has 3 heteroatoms. The molecular weight excluding hydrogens is 190 g/mol. The molecule has 0 aromatic rings. The summed E-state index contributed by atoms with van der Waals surface area (Å²) in [5.41, 5.74) is 0. The van der Waals surface area contributed by atoms with Crippen molar-refractivity contribution >= 4 is 8.32 Å². The molecule has 1 aliphatic rings. The highest BCUT2D eigenvalue weighted by Gasteiger charge is 2.45. The van der Waals surface area contributed by atoms with Crippen LogP contribution in [0.4, 0.5) is 0 Å². The zero-order valence-electron chi connectivity index (χ0n) is 10.5. The fourth-order valence-electron chi connectivity index (χ4n) is 2.46. The Bertz CT molecular complexity index is 178. The Labute approximate surface area is 89.8 Å². The van der Waals surface area contributed by atoms with Crippen molar-refractivity contribution < 1.29 is 4.43 Å². The van der Waals surface area contributed by atoms with Gasteiger partial charge in [0.2, 0.25) is 8.32 Å². The van der Waals surface area contributed by atoms with Gasteiger partial charge in [0, 0.05) is 25.4 Å². The Balaban J connectivity index is 2.75. The first kappa shape index (κ1) is 12.2. The Morgan fingerprint density at radius 3 is 2.14 bits per heavy atom. The maximum Gasteiger partial charge on any atom is 0.204 e. The third kappa shape index (κ3) is 2.38. The molecular formula is C11H25NOSi. The monoisotopic (exact) mass is 215 g/mol. The summed E-state index contributed by atoms with van der Waals surface area (Å²) in [6.07, 6.45) is 1.21. The first-order chi connectivity index (χ1) is 6.39. The smallest absolute Gasteiger partial charge is 0.204 e. The Hall–Kier alpha value is 0.137. The molecule has 0 aromatic heterocycles. The number of hydrogen-bond acceptors (Lipinski definition) is 2. The lowest BCUT2D eigenvalue weighted by molar-refractivity contribution is 0.172. The van der Waals surface area contributed by atoms with Crippen molar-refractivity contribution in [2.45, 2.75) is 52.4 Å². The van der Waals surface area contributed by atoms with Crippen molar-refractivity contribution in [3.63, 3.8) is 0 Å². The molecule has 2 nitrogen and oxygen atoms in total. The maximum atomic E-state index is 5.76. The van der Waals surface area contributed by atoms with Crippen LogP contribution in [0.1, 0.15) is 27.7 Å². The van der Waals surface area contributed by atoms with E-state index in [1.54, 1.807) is 0 Å². The molecule has 0 amide bonds. The topological polar surface area (TPSA) is 12.5 Å². The highest BCUT2D eigenvalue weighted by Crippen LogP contribution is 2.32. The first-order valence-electron chi connectivity index (χ1n) is 5.70. The van der Waals surface area contributed by atoms with Crippen molar-refractivity contribution in [2.24, 2.45) is 5.92 Å². The van der Waals surface area contributed by atoms with Crippen LogP contribution in [0.25, 0.3) is 0 Å². The summed E-state index contributed by atoms with van der Waals surface area (Å²) in [6, 6.07) is 2.71. The van der Waals surface area contributed by atoms with Crippen molar-refractivity contribution in [3.05, 3.63) is 0 Å². The maximum absolute atomic E-state index is 5.76. The summed E-state index contributed by atoms with van der Waals surface area (Å²) in [4.78, 5) is 2.64. The van der Waals surface area contributed by atoms with Gasteiger partial charge in [0.15, 0.2) is 0 Å². The first-order valence-corrected chi connectivity index (χ1v) is 8.53. The minimum atomic E-state index is -1.39. The van der Waals surface area contributed by atoms with Crippen molar-refractivity contribution in [3.8, 4) is 0 Å². The van der Waals surface area contributed by atoms with E-state index in [4.69, 9.17) is 4.43 Å². The average molecular weight is 215 g/mol. The molecule has 2 atom stereocenters. The van der Waals surface area contributed by atoms with Gasteiger partial charge in [-0.2, -0.15) is 0 Å². The minimum Gasteiger partial charge on any atom is -0.419 e. The van der Waals surface area contributed by atoms with Gasteiger partial charge in [0.05, 0.1) is 0 Å². The fourth-order valence-corrected chi connectivity index (χ4v) is 5.85. The molecule has 0 spiro atoms. The van der Waals surface area contributed by atoms with Crippen LogP contribution >= 0.6 is 0 Å². The summed E-state index contributed by atoms with van der Waals surface area (Å²) in [6.45, 7) is 11.6. The SMILES string of the molecule is CO[Si]1(C)CC(C(C)C)N(C(C)C)C1. The fraction of sp³-hybridized carbons (Fsp3) is 1.00. The van der Waals surface area contributed by atoms with E-state index in [2.05, 4.69) is 39.1 Å². The van der Waals surface area contributed by atoms with Crippen LogP contribution in [0.3, 0.4) is 0 Å². The van der Waals surface area contributed by atoms with E-state index in [-0.39, 0.29) is 0 Å². The van der Waals surface area contributed by atoms with Gasteiger partial charge in [-0.1, -0.05) is 13.8 Å². The molecule has 14 heavy (non-hydrogen) atoms. The minimum absolute atomic E-state index is 0.659. The molecule has 0 bridgehead atoms. The van der Waals surface area contributed by atoms with Crippen LogP contribution in [-0.2, 0) is 4.43 Å². The van der Waals surface area contributed by atoms with E-state index >= 15 is 0 Å². The summed E-state index contributed by atoms with van der Waals surface area (Å²) < 4.78 is 5.76. The third-order valence-electron chi connectivity index (χ3n) is 3.51. The van der Waals surface area contributed by atoms with Gasteiger partial charge in [-0.05, 0) is 32.4 Å². The Morgan fingerprint density at radius 1 is 1.29 bits per heavy atom. The second-order valence-electron chi connectivity index (χ2n) is 5.44. The second-order valence-corrected chi connectivity index (χ2v) is 9.47. The Kier molecular flexibility index (Phi) is 3.78. The van der Waals surface area contributed by atoms with Gasteiger partial charge in [-0.25, -0.2) is 0 Å². The number of hydrogen-bond donors (Lipinski definition) is 0. The standard InChI is InChI=1S/C11H25NOSi/c1-9(2)11-7-14(6,13-5)8-12(11)10(3)4/h9-11H,7-8H2,1-6H3. The van der Waals surface area contributed by atoms with E-state index in [0.29, 0.717) is 6.04 Å². The largest absolute Gasteiger partial charge is 0.419 e. The molecule has 1 heterocycles. The normalized spacial score (nSPS) is 34.7. The van der Waals surface area contributed by atoms with Crippen molar-refractivity contribution in [2.75, 3.05) is 13.3 Å². The van der Waals surface area contributed by atoms with Gasteiger partial charge in [0.1, 0.15) is 0 Å². The molecule has 1 saturated heterocycles. The predicted molar refractivity (Wildman–Crippen MR) is 63.9 cm³/mol. The van der Waals surface area contributed by atoms with E-state index < -0.39 is 8.32 Å². The van der Waals surface area contributed by atoms with Gasteiger partial charge in [0.25, 0.3) is 0 Å². The van der Waals surface area contributed by atoms with Crippen LogP contribution < -0.4 is 0 Å². The zero-order chi connectivity index (χ0) is 10.9. The van der Waals surface area contributed by atoms with Crippen LogP contribution in [0.2, 0.25) is 12.6 Å². The van der Waals surface area contributed by atoms with E-state index in [9.17, 15) is 0 Å². The molecule has 1 aliphatic heterocycles. The van der Waals surface area contributed by atoms with Gasteiger partial charge < -0.3 is 4.43 Å². The summed E-state index contributed by atoms with van der Waals surface area (Å²) in [5, 5.41) is 0. The van der Waals surface area contributed by atoms with Crippen molar-refractivity contribution in [1.29, 1.82) is 0 Å². The van der Waals surface area contributed by atoms with Crippen LogP contribution in [-0.4, -0.2) is 38.6 Å². The quantitative estimate of drug-likeness (QED) is 0.671. The molecule has 2 unspecified atom stereocenters. The molecule has 0 N–H and O–H groups in total. The van der Waals surface area contributed by atoms with Crippen LogP contribution in [0, 0.1) is 5.92 Å². The second kappa shape index (κ2) is 4.33. The lowest BCUT2D eigenvalue weighted by Gasteiger charge is -2.30. The summed E-state index contributed by atoms with van der Waals surface area (Å²) in [7, 11) is 0.510. The van der Waals surface area contributed by atoms with Crippen LogP contribution in [0.15, 0.2) is 0 Å². The predicted octanol–water partition coefficient (Wildman–Crippen LogP) is 2.50. The van der Waals surface area contributed by atoms with Crippen LogP contribution in [0.5, 0.6) is 0 Å². The molecule has 1 fully saturated rings.